The number of aromatic nitrogens is 2. The van der Waals surface area contributed by atoms with Crippen LogP contribution < -0.4 is 14.8 Å². The number of benzene rings is 1. The van der Waals surface area contributed by atoms with Gasteiger partial charge in [-0.05, 0) is 31.9 Å². The lowest BCUT2D eigenvalue weighted by Gasteiger charge is -2.26. The van der Waals surface area contributed by atoms with E-state index in [0.29, 0.717) is 19.2 Å². The highest BCUT2D eigenvalue weighted by Crippen LogP contribution is 2.38. The average molecular weight is 359 g/mol. The van der Waals surface area contributed by atoms with Crippen molar-refractivity contribution in [3.05, 3.63) is 36.7 Å². The zero-order valence-electron chi connectivity index (χ0n) is 14.1. The van der Waals surface area contributed by atoms with E-state index in [1.807, 2.05) is 37.4 Å². The number of hydrogen-bond donors (Lipinski definition) is 1. The van der Waals surface area contributed by atoms with Gasteiger partial charge in [0.15, 0.2) is 16.7 Å². The molecule has 0 saturated heterocycles. The van der Waals surface area contributed by atoms with E-state index in [0.717, 1.165) is 16.7 Å². The molecule has 1 aliphatic carbocycles. The van der Waals surface area contributed by atoms with Crippen molar-refractivity contribution in [3.8, 4) is 11.5 Å². The van der Waals surface area contributed by atoms with Crippen molar-refractivity contribution in [3.63, 3.8) is 0 Å². The number of fused-ring (bicyclic) bond motifs is 1. The number of carbonyl (C=O) groups is 1. The number of carbonyl (C=O) groups excluding carboxylic acids is 1. The summed E-state index contributed by atoms with van der Waals surface area (Å²) in [5, 5.41) is 3.66. The molecule has 2 aromatic rings. The van der Waals surface area contributed by atoms with Crippen molar-refractivity contribution in [2.75, 3.05) is 13.2 Å². The Labute approximate surface area is 150 Å². The Morgan fingerprint density at radius 1 is 1.40 bits per heavy atom. The Hall–Kier alpha value is -2.15. The van der Waals surface area contributed by atoms with Gasteiger partial charge in [0, 0.05) is 18.4 Å². The summed E-state index contributed by atoms with van der Waals surface area (Å²) >= 11 is 1.50. The summed E-state index contributed by atoms with van der Waals surface area (Å²) in [5.41, 5.74) is 0. The van der Waals surface area contributed by atoms with E-state index in [2.05, 4.69) is 14.9 Å². The van der Waals surface area contributed by atoms with E-state index in [1.54, 1.807) is 6.20 Å². The number of para-hydroxylation sites is 2. The van der Waals surface area contributed by atoms with Gasteiger partial charge in [0.2, 0.25) is 5.91 Å². The molecular weight excluding hydrogens is 338 g/mol. The number of ether oxygens (including phenoxy) is 2. The molecule has 6 nitrogen and oxygen atoms in total. The lowest BCUT2D eigenvalue weighted by molar-refractivity contribution is -0.120. The predicted octanol–water partition coefficient (Wildman–Crippen LogP) is 2.65. The summed E-state index contributed by atoms with van der Waals surface area (Å²) in [6.07, 6.45) is 6.02. The number of rotatable bonds is 6. The first kappa shape index (κ1) is 16.3. The fourth-order valence-electron chi connectivity index (χ4n) is 2.75. The summed E-state index contributed by atoms with van der Waals surface area (Å²) in [5.74, 6) is 1.46. The van der Waals surface area contributed by atoms with Crippen LogP contribution in [0.4, 0.5) is 0 Å². The second-order valence-electron chi connectivity index (χ2n) is 6.35. The monoisotopic (exact) mass is 359 g/mol. The van der Waals surface area contributed by atoms with E-state index < -0.39 is 0 Å². The van der Waals surface area contributed by atoms with E-state index in [-0.39, 0.29) is 17.3 Å². The quantitative estimate of drug-likeness (QED) is 0.804. The first-order valence-corrected chi connectivity index (χ1v) is 9.44. The maximum absolute atomic E-state index is 12.4. The maximum Gasteiger partial charge on any atom is 0.233 e. The molecule has 2 heterocycles. The van der Waals surface area contributed by atoms with Gasteiger partial charge in [-0.15, -0.1) is 0 Å². The van der Waals surface area contributed by atoms with Crippen LogP contribution in [0.1, 0.15) is 25.8 Å². The first-order chi connectivity index (χ1) is 12.2. The summed E-state index contributed by atoms with van der Waals surface area (Å²) in [4.78, 5) is 16.8. The van der Waals surface area contributed by atoms with E-state index >= 15 is 0 Å². The zero-order chi connectivity index (χ0) is 17.2. The number of imidazole rings is 1. The maximum atomic E-state index is 12.4. The Morgan fingerprint density at radius 2 is 2.20 bits per heavy atom. The molecule has 2 atom stereocenters. The summed E-state index contributed by atoms with van der Waals surface area (Å²) in [6, 6.07) is 8.14. The van der Waals surface area contributed by atoms with Crippen molar-refractivity contribution in [2.24, 2.45) is 0 Å². The molecule has 1 N–H and O–H groups in total. The van der Waals surface area contributed by atoms with Gasteiger partial charge in [0.05, 0.1) is 11.8 Å². The molecule has 1 fully saturated rings. The van der Waals surface area contributed by atoms with E-state index in [4.69, 9.17) is 9.47 Å². The number of hydrogen-bond acceptors (Lipinski definition) is 5. The Balaban J connectivity index is 1.28. The molecule has 4 rings (SSSR count). The number of thioether (sulfide) groups is 1. The highest BCUT2D eigenvalue weighted by atomic mass is 32.2. The molecule has 1 aromatic heterocycles. The fourth-order valence-corrected chi connectivity index (χ4v) is 3.71. The minimum Gasteiger partial charge on any atom is -0.486 e. The van der Waals surface area contributed by atoms with Gasteiger partial charge >= 0.3 is 0 Å². The highest BCUT2D eigenvalue weighted by Gasteiger charge is 2.27. The third-order valence-electron chi connectivity index (χ3n) is 4.30. The molecule has 1 saturated carbocycles. The van der Waals surface area contributed by atoms with Crippen LogP contribution in [0.3, 0.4) is 0 Å². The third-order valence-corrected chi connectivity index (χ3v) is 5.39. The van der Waals surface area contributed by atoms with Gasteiger partial charge in [0.25, 0.3) is 0 Å². The van der Waals surface area contributed by atoms with Crippen LogP contribution in [0, 0.1) is 0 Å². The van der Waals surface area contributed by atoms with Crippen molar-refractivity contribution in [1.29, 1.82) is 0 Å². The van der Waals surface area contributed by atoms with Gasteiger partial charge in [-0.25, -0.2) is 4.98 Å². The molecule has 7 heteroatoms. The molecule has 2 unspecified atom stereocenters. The first-order valence-electron chi connectivity index (χ1n) is 8.56. The SMILES string of the molecule is CC(Sc1nccn1C1CC1)C(=O)NCC1COc2ccccc2O1. The molecule has 1 aromatic carbocycles. The Kier molecular flexibility index (Phi) is 4.57. The number of nitrogens with zero attached hydrogens (tertiary/aromatic N) is 2. The summed E-state index contributed by atoms with van der Waals surface area (Å²) in [7, 11) is 0. The predicted molar refractivity (Wildman–Crippen MR) is 95.2 cm³/mol. The van der Waals surface area contributed by atoms with Gasteiger partial charge < -0.3 is 19.4 Å². The molecule has 25 heavy (non-hydrogen) atoms. The van der Waals surface area contributed by atoms with E-state index in [9.17, 15) is 4.79 Å². The van der Waals surface area contributed by atoms with Crippen molar-refractivity contribution in [1.82, 2.24) is 14.9 Å². The van der Waals surface area contributed by atoms with Gasteiger partial charge in [-0.2, -0.15) is 0 Å². The van der Waals surface area contributed by atoms with Crippen molar-refractivity contribution >= 4 is 17.7 Å². The van der Waals surface area contributed by atoms with Crippen LogP contribution in [0.15, 0.2) is 41.8 Å². The third kappa shape index (κ3) is 3.76. The van der Waals surface area contributed by atoms with E-state index in [1.165, 1.54) is 24.6 Å². The second-order valence-corrected chi connectivity index (χ2v) is 7.66. The van der Waals surface area contributed by atoms with Crippen LogP contribution in [0.2, 0.25) is 0 Å². The standard InChI is InChI=1S/C18H21N3O3S/c1-12(25-18-19-8-9-21(18)13-6-7-13)17(22)20-10-14-11-23-15-4-2-3-5-16(15)24-14/h2-5,8-9,12-14H,6-7,10-11H2,1H3,(H,20,22). The largest absolute Gasteiger partial charge is 0.486 e. The van der Waals surface area contributed by atoms with Crippen molar-refractivity contribution in [2.45, 2.75) is 42.3 Å². The molecule has 132 valence electrons. The average Bonchev–Trinajstić information content (AvgIpc) is 3.38. The normalized spacial score (nSPS) is 20.1. The Bertz CT molecular complexity index is 760. The highest BCUT2D eigenvalue weighted by molar-refractivity contribution is 8.00. The summed E-state index contributed by atoms with van der Waals surface area (Å²) in [6.45, 7) is 2.76. The van der Waals surface area contributed by atoms with Crippen molar-refractivity contribution < 1.29 is 14.3 Å². The van der Waals surface area contributed by atoms with Crippen LogP contribution in [0.25, 0.3) is 0 Å². The minimum absolute atomic E-state index is 0.0159. The fraction of sp³-hybridized carbons (Fsp3) is 0.444. The molecule has 1 aliphatic heterocycles. The topological polar surface area (TPSA) is 65.4 Å². The molecule has 0 radical (unpaired) electrons. The molecular formula is C18H21N3O3S. The van der Waals surface area contributed by atoms with Gasteiger partial charge in [-0.3, -0.25) is 4.79 Å². The molecule has 2 aliphatic rings. The van der Waals surface area contributed by atoms with Crippen LogP contribution >= 0.6 is 11.8 Å². The second kappa shape index (κ2) is 7.00. The zero-order valence-corrected chi connectivity index (χ0v) is 14.9. The molecule has 1 amide bonds. The van der Waals surface area contributed by atoms with Crippen LogP contribution in [-0.4, -0.2) is 40.0 Å². The Morgan fingerprint density at radius 3 is 3.00 bits per heavy atom. The number of amides is 1. The molecule has 0 spiro atoms. The minimum atomic E-state index is -0.211. The van der Waals surface area contributed by atoms with Crippen LogP contribution in [0.5, 0.6) is 11.5 Å². The lowest BCUT2D eigenvalue weighted by Crippen LogP contribution is -2.42. The lowest BCUT2D eigenvalue weighted by atomic mass is 10.2. The smallest absolute Gasteiger partial charge is 0.233 e. The molecule has 0 bridgehead atoms. The van der Waals surface area contributed by atoms with Gasteiger partial charge in [0.1, 0.15) is 12.7 Å². The van der Waals surface area contributed by atoms with Crippen LogP contribution in [-0.2, 0) is 4.79 Å². The summed E-state index contributed by atoms with van der Waals surface area (Å²) < 4.78 is 13.7. The van der Waals surface area contributed by atoms with Gasteiger partial charge in [-0.1, -0.05) is 23.9 Å². The number of nitrogens with one attached hydrogen (secondary N) is 1.